The Labute approximate surface area is 725 Å². The minimum Gasteiger partial charge on any atom is -0.497 e. The Kier molecular flexibility index (Phi) is 38.0. The van der Waals surface area contributed by atoms with Crippen LogP contribution in [0.4, 0.5) is 15.3 Å². The van der Waals surface area contributed by atoms with Crippen molar-refractivity contribution in [2.45, 2.75) is 122 Å². The number of nitrogens with one attached hydrogen (secondary N) is 5. The van der Waals surface area contributed by atoms with Gasteiger partial charge < -0.3 is 96.9 Å². The molecule has 8 aromatic rings. The van der Waals surface area contributed by atoms with Gasteiger partial charge in [-0.15, -0.1) is 0 Å². The fraction of sp³-hybridized carbons (Fsp3) is 0.446. The van der Waals surface area contributed by atoms with Gasteiger partial charge in [-0.1, -0.05) is 134 Å². The molecule has 0 unspecified atom stereocenters. The maximum atomic E-state index is 14.8. The monoisotopic (exact) mass is 1720 g/mol. The number of methoxy groups -OCH3 is 1. The zero-order valence-electron chi connectivity index (χ0n) is 71.6. The highest BCUT2D eigenvalue weighted by Gasteiger charge is 2.51. The van der Waals surface area contributed by atoms with Crippen LogP contribution in [0.15, 0.2) is 174 Å². The van der Waals surface area contributed by atoms with Crippen LogP contribution >= 0.6 is 0 Å². The summed E-state index contributed by atoms with van der Waals surface area (Å²) < 4.78 is 84.7. The van der Waals surface area contributed by atoms with Crippen LogP contribution in [0.3, 0.4) is 0 Å². The van der Waals surface area contributed by atoms with Crippen molar-refractivity contribution in [3.63, 3.8) is 0 Å². The Morgan fingerprint density at radius 1 is 0.592 bits per heavy atom. The first-order chi connectivity index (χ1) is 60.8. The Balaban J connectivity index is 0.718. The lowest BCUT2D eigenvalue weighted by molar-refractivity contribution is -0.175. The number of hydrogen-bond donors (Lipinski definition) is 5. The van der Waals surface area contributed by atoms with Crippen molar-refractivity contribution < 1.29 is 105 Å². The lowest BCUT2D eigenvalue weighted by atomic mass is 9.77. The van der Waals surface area contributed by atoms with Crippen molar-refractivity contribution in [1.29, 1.82) is 0 Å². The number of nitrogens with zero attached hydrogens (tertiary/aromatic N) is 5. The summed E-state index contributed by atoms with van der Waals surface area (Å²) in [5.74, 6) is -2.39. The number of unbranched alkanes of at least 4 members (excludes halogenated alkanes) is 1. The number of benzene rings is 6. The number of aromatic nitrogens is 2. The molecule has 125 heavy (non-hydrogen) atoms. The number of anilines is 1. The number of ether oxygens (including phenoxy) is 15. The first kappa shape index (κ1) is 95.5. The number of esters is 1. The second-order valence-corrected chi connectivity index (χ2v) is 30.1. The summed E-state index contributed by atoms with van der Waals surface area (Å²) in [6.07, 6.45) is -0.593. The van der Waals surface area contributed by atoms with E-state index in [1.807, 2.05) is 73.7 Å². The SMILES string of the molecule is CCc1c2c(nc3ccc(OC(=O)OC(C)(C)C)cc13)-c1cc3c(c(=O)n1C2)COC(=O)[C@@]3(CC)OC(=O)OCc1ccc(NC(=O)[C@H](CCCCNC(c2ccccc2)(c2ccccc2)c2ccc(OC)cc2)NC(=O)[C@H](Cc2ccccc2)NC(=O)COCC(=O)NCCOCCOCCOCCOCCOCCOCCOCCOCCN=[N+]=[N-])cc1. The topological polar surface area (TPSA) is 402 Å². The van der Waals surface area contributed by atoms with E-state index in [2.05, 4.69) is 60.9 Å². The van der Waals surface area contributed by atoms with Crippen LogP contribution in [0.5, 0.6) is 11.5 Å². The first-order valence-electron chi connectivity index (χ1n) is 41.9. The second kappa shape index (κ2) is 49.7. The van der Waals surface area contributed by atoms with E-state index in [0.717, 1.165) is 27.8 Å². The summed E-state index contributed by atoms with van der Waals surface area (Å²) in [6, 6.07) is 47.8. The summed E-state index contributed by atoms with van der Waals surface area (Å²) >= 11 is 0. The third-order valence-corrected chi connectivity index (χ3v) is 20.4. The molecule has 2 aliphatic heterocycles. The number of rotatable bonds is 54. The third kappa shape index (κ3) is 28.4. The number of carbonyl (C=O) groups excluding carboxylic acids is 7. The molecule has 0 saturated carbocycles. The Bertz CT molecular complexity index is 4880. The van der Waals surface area contributed by atoms with Crippen LogP contribution in [0.25, 0.3) is 32.7 Å². The number of amides is 4. The van der Waals surface area contributed by atoms with Crippen LogP contribution in [-0.2, 0) is 129 Å². The normalized spacial score (nSPS) is 13.8. The minimum atomic E-state index is -2.09. The average molecular weight is 1730 g/mol. The molecular formula is C92H112N10O23. The van der Waals surface area contributed by atoms with Crippen LogP contribution in [0, 0.1) is 0 Å². The highest BCUT2D eigenvalue weighted by molar-refractivity contribution is 5.99. The van der Waals surface area contributed by atoms with E-state index in [9.17, 15) is 38.4 Å². The predicted molar refractivity (Wildman–Crippen MR) is 461 cm³/mol. The molecular weight excluding hydrogens is 1610 g/mol. The predicted octanol–water partition coefficient (Wildman–Crippen LogP) is 10.8. The molecule has 3 atom stereocenters. The van der Waals surface area contributed by atoms with Gasteiger partial charge in [-0.05, 0) is 147 Å². The molecule has 33 nitrogen and oxygen atoms in total. The van der Waals surface area contributed by atoms with Gasteiger partial charge in [0.05, 0.1) is 147 Å². The van der Waals surface area contributed by atoms with Gasteiger partial charge in [0, 0.05) is 46.6 Å². The van der Waals surface area contributed by atoms with E-state index in [-0.39, 0.29) is 82.2 Å². The van der Waals surface area contributed by atoms with Gasteiger partial charge in [0.15, 0.2) is 0 Å². The van der Waals surface area contributed by atoms with E-state index >= 15 is 0 Å². The molecule has 10 rings (SSSR count). The number of carbonyl (C=O) groups is 7. The van der Waals surface area contributed by atoms with Crippen LogP contribution in [0.2, 0.25) is 0 Å². The fourth-order valence-electron chi connectivity index (χ4n) is 14.3. The molecule has 0 spiro atoms. The van der Waals surface area contributed by atoms with Gasteiger partial charge in [0.1, 0.15) is 55.6 Å². The lowest BCUT2D eigenvalue weighted by Gasteiger charge is -2.37. The molecule has 2 aromatic heterocycles. The molecule has 4 heterocycles. The maximum Gasteiger partial charge on any atom is 0.514 e. The van der Waals surface area contributed by atoms with Crippen LogP contribution < -0.4 is 41.6 Å². The Morgan fingerprint density at radius 3 is 1.74 bits per heavy atom. The number of fused-ring (bicyclic) bond motifs is 5. The van der Waals surface area contributed by atoms with Gasteiger partial charge in [-0.25, -0.2) is 19.4 Å². The number of cyclic esters (lactones) is 1. The average Bonchev–Trinajstić information content (AvgIpc) is 1.57. The standard InChI is InChI=1S/C92H112N10O23/c1-7-72-73-57-71(123-89(110)124-90(3,4)5)35-36-77(73)99-83-74(72)59-102-80(83)58-76-75(86(102)107)61-121-87(108)91(76,8-2)125-88(109)122-60-65-27-31-69(32-28-65)97-84(105)78(26-18-19-37-95-92(66-22-14-10-15-23-66,67-24-16-11-17-25-67)68-29-33-70(111-6)34-30-68)100-85(106)79(56-64-20-12-9-13-21-64)98-82(104)63-120-62-81(103)94-38-40-112-42-44-114-46-48-116-50-52-118-54-55-119-53-51-117-49-47-115-45-43-113-41-39-96-101-93/h9-17,20-25,27-36,57-58,78-79,95H,7-8,18-19,26,37-56,59-63H2,1-6H3,(H,94,103)(H,97,105)(H,98,104)(H,100,106)/t78-,79-,91-/m0/s1. The van der Waals surface area contributed by atoms with Crippen molar-refractivity contribution in [3.05, 3.63) is 235 Å². The number of aryl methyl sites for hydroxylation is 1. The Hall–Kier alpha value is -11.7. The summed E-state index contributed by atoms with van der Waals surface area (Å²) in [7, 11) is 1.62. The second-order valence-electron chi connectivity index (χ2n) is 30.1. The summed E-state index contributed by atoms with van der Waals surface area (Å²) in [4.78, 5) is 119. The summed E-state index contributed by atoms with van der Waals surface area (Å²) in [5.41, 5.74) is 11.8. The van der Waals surface area contributed by atoms with E-state index in [4.69, 9.17) is 81.6 Å². The highest BCUT2D eigenvalue weighted by atomic mass is 16.7. The van der Waals surface area contributed by atoms with E-state index in [1.165, 1.54) is 0 Å². The lowest BCUT2D eigenvalue weighted by Crippen LogP contribution is -2.54. The fourth-order valence-corrected chi connectivity index (χ4v) is 14.3. The van der Waals surface area contributed by atoms with E-state index in [1.54, 1.807) is 112 Å². The molecule has 6 aromatic carbocycles. The maximum absolute atomic E-state index is 14.8. The van der Waals surface area contributed by atoms with Crippen molar-refractivity contribution in [3.8, 4) is 22.9 Å². The highest BCUT2D eigenvalue weighted by Crippen LogP contribution is 2.44. The molecule has 2 aliphatic rings. The van der Waals surface area contributed by atoms with Gasteiger partial charge in [-0.2, -0.15) is 0 Å². The van der Waals surface area contributed by atoms with Gasteiger partial charge in [-0.3, -0.25) is 29.3 Å². The first-order valence-corrected chi connectivity index (χ1v) is 41.9. The third-order valence-electron chi connectivity index (χ3n) is 20.4. The quantitative estimate of drug-likeness (QED) is 0.00345. The molecule has 5 N–H and O–H groups in total. The van der Waals surface area contributed by atoms with Crippen LogP contribution in [-0.4, -0.2) is 215 Å². The van der Waals surface area contributed by atoms with Gasteiger partial charge in [0.2, 0.25) is 29.2 Å². The summed E-state index contributed by atoms with van der Waals surface area (Å²) in [5, 5.41) is 19.4. The Morgan fingerprint density at radius 2 is 1.16 bits per heavy atom. The van der Waals surface area contributed by atoms with Crippen molar-refractivity contribution >= 4 is 58.5 Å². The van der Waals surface area contributed by atoms with Crippen molar-refractivity contribution in [2.75, 3.05) is 151 Å². The van der Waals surface area contributed by atoms with Gasteiger partial charge in [0.25, 0.3) is 5.56 Å². The molecule has 0 saturated heterocycles. The zero-order chi connectivity index (χ0) is 88.7. The molecule has 4 amide bonds. The molecule has 0 fully saturated rings. The molecule has 668 valence electrons. The van der Waals surface area contributed by atoms with Crippen molar-refractivity contribution in [1.82, 2.24) is 30.8 Å². The molecule has 0 aliphatic carbocycles. The van der Waals surface area contributed by atoms with E-state index in [0.29, 0.717) is 163 Å². The molecule has 0 bridgehead atoms. The smallest absolute Gasteiger partial charge is 0.497 e. The molecule has 33 heteroatoms. The van der Waals surface area contributed by atoms with Crippen LogP contribution in [0.1, 0.15) is 110 Å². The summed E-state index contributed by atoms with van der Waals surface area (Å²) in [6.45, 7) is 14.1. The molecule has 0 radical (unpaired) electrons. The largest absolute Gasteiger partial charge is 0.514 e. The van der Waals surface area contributed by atoms with Crippen molar-refractivity contribution in [2.24, 2.45) is 5.11 Å². The zero-order valence-corrected chi connectivity index (χ0v) is 71.6. The van der Waals surface area contributed by atoms with E-state index < -0.39 is 89.5 Å². The minimum absolute atomic E-state index is 0.0244. The number of hydrogen-bond acceptors (Lipinski definition) is 26. The number of azide groups is 1. The number of pyridine rings is 2. The van der Waals surface area contributed by atoms with Gasteiger partial charge >= 0.3 is 18.3 Å².